The maximum Gasteiger partial charge on any atom is 0.244 e. The molecule has 3 aromatic rings. The molecule has 0 aromatic heterocycles. The minimum atomic E-state index is -3.82. The number of nitrogens with zero attached hydrogens (tertiary/aromatic N) is 2. The Kier molecular flexibility index (Phi) is 11.0. The SMILES string of the molecule is CC[C@H](C)NC(=O)[C@H](Cc1ccccc1)N(Cc1cccc(C)c1)C(=O)CN(c1ccc(C(C)(C)C)cc1)S(C)(=O)=O. The molecule has 42 heavy (non-hydrogen) atoms. The topological polar surface area (TPSA) is 86.8 Å². The Morgan fingerprint density at radius 2 is 1.52 bits per heavy atom. The van der Waals surface area contributed by atoms with Gasteiger partial charge in [-0.1, -0.05) is 100.0 Å². The highest BCUT2D eigenvalue weighted by atomic mass is 32.2. The van der Waals surface area contributed by atoms with E-state index in [4.69, 9.17) is 0 Å². The largest absolute Gasteiger partial charge is 0.352 e. The van der Waals surface area contributed by atoms with E-state index in [0.717, 1.165) is 39.2 Å². The first kappa shape index (κ1) is 32.9. The molecule has 0 aliphatic carbocycles. The van der Waals surface area contributed by atoms with E-state index < -0.39 is 28.5 Å². The Morgan fingerprint density at radius 3 is 2.07 bits per heavy atom. The second-order valence-electron chi connectivity index (χ2n) is 12.1. The molecule has 3 aromatic carbocycles. The van der Waals surface area contributed by atoms with Crippen LogP contribution in [0.15, 0.2) is 78.9 Å². The molecule has 2 atom stereocenters. The third kappa shape index (κ3) is 9.18. The number of carbonyl (C=O) groups is 2. The summed E-state index contributed by atoms with van der Waals surface area (Å²) in [5, 5.41) is 3.05. The van der Waals surface area contributed by atoms with Gasteiger partial charge in [0.2, 0.25) is 21.8 Å². The van der Waals surface area contributed by atoms with Crippen LogP contribution in [0.3, 0.4) is 0 Å². The zero-order chi connectivity index (χ0) is 31.1. The minimum absolute atomic E-state index is 0.0828. The summed E-state index contributed by atoms with van der Waals surface area (Å²) in [5.74, 6) is -0.725. The van der Waals surface area contributed by atoms with E-state index in [0.29, 0.717) is 12.1 Å². The summed E-state index contributed by atoms with van der Waals surface area (Å²) in [5.41, 5.74) is 4.14. The first-order valence-electron chi connectivity index (χ1n) is 14.5. The predicted octanol–water partition coefficient (Wildman–Crippen LogP) is 5.61. The van der Waals surface area contributed by atoms with E-state index in [1.807, 2.05) is 87.5 Å². The van der Waals surface area contributed by atoms with Crippen LogP contribution in [0.4, 0.5) is 5.69 Å². The minimum Gasteiger partial charge on any atom is -0.352 e. The fourth-order valence-electron chi connectivity index (χ4n) is 4.74. The number of anilines is 1. The second kappa shape index (κ2) is 14.0. The second-order valence-corrected chi connectivity index (χ2v) is 14.0. The summed E-state index contributed by atoms with van der Waals surface area (Å²) in [7, 11) is -3.82. The number of amides is 2. The van der Waals surface area contributed by atoms with Crippen LogP contribution in [-0.4, -0.2) is 50.0 Å². The van der Waals surface area contributed by atoms with E-state index >= 15 is 0 Å². The lowest BCUT2D eigenvalue weighted by atomic mass is 9.87. The molecular weight excluding hydrogens is 546 g/mol. The molecule has 0 spiro atoms. The highest BCUT2D eigenvalue weighted by molar-refractivity contribution is 7.92. The molecule has 7 nitrogen and oxygen atoms in total. The van der Waals surface area contributed by atoms with Crippen molar-refractivity contribution in [2.24, 2.45) is 0 Å². The van der Waals surface area contributed by atoms with E-state index in [1.54, 1.807) is 12.1 Å². The zero-order valence-electron chi connectivity index (χ0n) is 25.9. The van der Waals surface area contributed by atoms with Gasteiger partial charge in [0.15, 0.2) is 0 Å². The molecule has 0 heterocycles. The van der Waals surface area contributed by atoms with Gasteiger partial charge in [0.1, 0.15) is 12.6 Å². The first-order chi connectivity index (χ1) is 19.7. The summed E-state index contributed by atoms with van der Waals surface area (Å²) < 4.78 is 27.2. The molecule has 0 aliphatic heterocycles. The fourth-order valence-corrected chi connectivity index (χ4v) is 5.59. The van der Waals surface area contributed by atoms with Crippen LogP contribution in [0.5, 0.6) is 0 Å². The molecule has 0 radical (unpaired) electrons. The summed E-state index contributed by atoms with van der Waals surface area (Å²) in [6, 6.07) is 23.7. The normalized spacial score (nSPS) is 13.2. The van der Waals surface area contributed by atoms with Crippen LogP contribution in [-0.2, 0) is 38.0 Å². The van der Waals surface area contributed by atoms with Crippen LogP contribution in [0.25, 0.3) is 0 Å². The van der Waals surface area contributed by atoms with Gasteiger partial charge >= 0.3 is 0 Å². The quantitative estimate of drug-likeness (QED) is 0.297. The fraction of sp³-hybridized carbons (Fsp3) is 0.412. The highest BCUT2D eigenvalue weighted by Crippen LogP contribution is 2.26. The van der Waals surface area contributed by atoms with Crippen molar-refractivity contribution >= 4 is 27.5 Å². The summed E-state index contributed by atoms with van der Waals surface area (Å²) in [4.78, 5) is 29.5. The Bertz CT molecular complexity index is 1450. The molecule has 226 valence electrons. The Morgan fingerprint density at radius 1 is 0.905 bits per heavy atom. The van der Waals surface area contributed by atoms with Gasteiger partial charge < -0.3 is 10.2 Å². The van der Waals surface area contributed by atoms with Crippen LogP contribution in [0.2, 0.25) is 0 Å². The van der Waals surface area contributed by atoms with Crippen LogP contribution in [0, 0.1) is 6.92 Å². The number of rotatable bonds is 12. The third-order valence-electron chi connectivity index (χ3n) is 7.41. The van der Waals surface area contributed by atoms with Gasteiger partial charge in [-0.3, -0.25) is 13.9 Å². The lowest BCUT2D eigenvalue weighted by Crippen LogP contribution is -2.54. The predicted molar refractivity (Wildman–Crippen MR) is 171 cm³/mol. The van der Waals surface area contributed by atoms with Crippen molar-refractivity contribution in [3.05, 3.63) is 101 Å². The Hall–Kier alpha value is -3.65. The smallest absolute Gasteiger partial charge is 0.244 e. The molecule has 0 unspecified atom stereocenters. The third-order valence-corrected chi connectivity index (χ3v) is 8.55. The molecule has 0 bridgehead atoms. The van der Waals surface area contributed by atoms with Gasteiger partial charge in [-0.05, 0) is 54.5 Å². The number of benzene rings is 3. The lowest BCUT2D eigenvalue weighted by molar-refractivity contribution is -0.140. The maximum atomic E-state index is 14.2. The van der Waals surface area contributed by atoms with Crippen molar-refractivity contribution in [3.63, 3.8) is 0 Å². The van der Waals surface area contributed by atoms with Gasteiger partial charge in [-0.15, -0.1) is 0 Å². The van der Waals surface area contributed by atoms with Gasteiger partial charge in [0.05, 0.1) is 11.9 Å². The summed E-state index contributed by atoms with van der Waals surface area (Å²) >= 11 is 0. The Labute approximate surface area is 252 Å². The van der Waals surface area contributed by atoms with E-state index in [1.165, 1.54) is 4.90 Å². The maximum absolute atomic E-state index is 14.2. The average molecular weight is 592 g/mol. The van der Waals surface area contributed by atoms with Crippen molar-refractivity contribution in [1.82, 2.24) is 10.2 Å². The standard InChI is InChI=1S/C34H45N3O4S/c1-8-26(3)35-33(39)31(22-27-14-10-9-11-15-27)36(23-28-16-12-13-25(2)21-28)32(38)24-37(42(7,40)41)30-19-17-29(18-20-30)34(4,5)6/h9-21,26,31H,8,22-24H2,1-7H3,(H,35,39)/t26-,31-/m0/s1. The lowest BCUT2D eigenvalue weighted by Gasteiger charge is -2.34. The van der Waals surface area contributed by atoms with Crippen LogP contribution >= 0.6 is 0 Å². The van der Waals surface area contributed by atoms with E-state index in [-0.39, 0.29) is 23.9 Å². The molecule has 8 heteroatoms. The van der Waals surface area contributed by atoms with Crippen LogP contribution in [0.1, 0.15) is 63.3 Å². The molecule has 1 N–H and O–H groups in total. The molecular formula is C34H45N3O4S. The number of hydrogen-bond donors (Lipinski definition) is 1. The van der Waals surface area contributed by atoms with E-state index in [2.05, 4.69) is 26.1 Å². The molecule has 0 fully saturated rings. The molecule has 0 saturated heterocycles. The zero-order valence-corrected chi connectivity index (χ0v) is 26.7. The van der Waals surface area contributed by atoms with Crippen molar-refractivity contribution in [3.8, 4) is 0 Å². The highest BCUT2D eigenvalue weighted by Gasteiger charge is 2.33. The Balaban J connectivity index is 2.06. The summed E-state index contributed by atoms with van der Waals surface area (Å²) in [6.07, 6.45) is 2.13. The first-order valence-corrected chi connectivity index (χ1v) is 16.3. The van der Waals surface area contributed by atoms with Crippen LogP contribution < -0.4 is 9.62 Å². The van der Waals surface area contributed by atoms with Gasteiger partial charge in [0.25, 0.3) is 0 Å². The van der Waals surface area contributed by atoms with Crippen molar-refractivity contribution < 1.29 is 18.0 Å². The van der Waals surface area contributed by atoms with Gasteiger partial charge in [0, 0.05) is 19.0 Å². The summed E-state index contributed by atoms with van der Waals surface area (Å²) in [6.45, 7) is 11.9. The number of hydrogen-bond acceptors (Lipinski definition) is 4. The molecule has 3 rings (SSSR count). The number of aryl methyl sites for hydroxylation is 1. The number of carbonyl (C=O) groups excluding carboxylic acids is 2. The van der Waals surface area contributed by atoms with Crippen molar-refractivity contribution in [2.75, 3.05) is 17.1 Å². The average Bonchev–Trinajstić information content (AvgIpc) is 2.93. The molecule has 2 amide bonds. The van der Waals surface area contributed by atoms with Crippen molar-refractivity contribution in [1.29, 1.82) is 0 Å². The van der Waals surface area contributed by atoms with Crippen molar-refractivity contribution in [2.45, 2.75) is 78.4 Å². The molecule has 0 saturated carbocycles. The molecule has 0 aliphatic rings. The number of sulfonamides is 1. The van der Waals surface area contributed by atoms with Gasteiger partial charge in [-0.25, -0.2) is 8.42 Å². The van der Waals surface area contributed by atoms with Gasteiger partial charge in [-0.2, -0.15) is 0 Å². The number of nitrogens with one attached hydrogen (secondary N) is 1. The van der Waals surface area contributed by atoms with E-state index in [9.17, 15) is 18.0 Å². The monoisotopic (exact) mass is 591 g/mol.